The van der Waals surface area contributed by atoms with Gasteiger partial charge in [-0.1, -0.05) is 0 Å². The molecule has 4 heteroatoms. The molecule has 1 N–H and O–H groups in total. The second-order valence-corrected chi connectivity index (χ2v) is 3.07. The van der Waals surface area contributed by atoms with Gasteiger partial charge in [0.15, 0.2) is 0 Å². The van der Waals surface area contributed by atoms with Crippen molar-refractivity contribution in [2.75, 3.05) is 26.2 Å². The van der Waals surface area contributed by atoms with Crippen LogP contribution in [0.3, 0.4) is 0 Å². The number of carbonyl (C=O) groups excluding carboxylic acids is 1. The van der Waals surface area contributed by atoms with Crippen LogP contribution in [0, 0.1) is 0 Å². The molecule has 1 heterocycles. The van der Waals surface area contributed by atoms with Crippen LogP contribution in [0.25, 0.3) is 0 Å². The van der Waals surface area contributed by atoms with E-state index in [1.807, 2.05) is 4.90 Å². The van der Waals surface area contributed by atoms with Crippen LogP contribution in [-0.4, -0.2) is 43.7 Å². The molecule has 1 rings (SSSR count). The average Bonchev–Trinajstić information content (AvgIpc) is 2.05. The fourth-order valence-corrected chi connectivity index (χ4v) is 1.47. The minimum atomic E-state index is -0.682. The van der Waals surface area contributed by atoms with Crippen molar-refractivity contribution in [2.24, 2.45) is 0 Å². The third kappa shape index (κ3) is 3.17. The molecular weight excluding hydrogens is 159 g/mol. The van der Waals surface area contributed by atoms with Gasteiger partial charge in [0, 0.05) is 19.6 Å². The Bertz CT molecular complexity index is 143. The first-order valence-corrected chi connectivity index (χ1v) is 4.29. The lowest BCUT2D eigenvalue weighted by atomic mass is 10.1. The molecule has 3 nitrogen and oxygen atoms in total. The minimum absolute atomic E-state index is 0.514. The summed E-state index contributed by atoms with van der Waals surface area (Å²) in [5.41, 5.74) is 0. The third-order valence-electron chi connectivity index (χ3n) is 2.07. The number of hydrogen-bond acceptors (Lipinski definition) is 2. The predicted octanol–water partition coefficient (Wildman–Crippen LogP) is 0.0771. The Kier molecular flexibility index (Phi) is 4.00. The lowest BCUT2D eigenvalue weighted by Crippen LogP contribution is -2.40. The Labute approximate surface area is 71.9 Å². The zero-order valence-electron chi connectivity index (χ0n) is 7.05. The van der Waals surface area contributed by atoms with Crippen LogP contribution in [0.2, 0.25) is 0 Å². The maximum atomic E-state index is 12.8. The Hall–Kier alpha value is -0.640. The van der Waals surface area contributed by atoms with Crippen LogP contribution in [0.5, 0.6) is 0 Å². The van der Waals surface area contributed by atoms with Gasteiger partial charge in [0.25, 0.3) is 0 Å². The van der Waals surface area contributed by atoms with Crippen molar-refractivity contribution in [2.45, 2.75) is 19.0 Å². The van der Waals surface area contributed by atoms with E-state index in [0.717, 1.165) is 19.5 Å². The van der Waals surface area contributed by atoms with Gasteiger partial charge in [-0.05, 0) is 19.4 Å². The van der Waals surface area contributed by atoms with Gasteiger partial charge in [-0.15, -0.1) is 0 Å². The van der Waals surface area contributed by atoms with E-state index in [9.17, 15) is 9.18 Å². The molecule has 0 aromatic rings. The molecule has 1 amide bonds. The Morgan fingerprint density at radius 3 is 3.17 bits per heavy atom. The van der Waals surface area contributed by atoms with Gasteiger partial charge in [-0.3, -0.25) is 9.69 Å². The van der Waals surface area contributed by atoms with Crippen molar-refractivity contribution >= 4 is 6.41 Å². The number of alkyl halides is 1. The Morgan fingerprint density at radius 2 is 2.50 bits per heavy atom. The molecule has 1 aliphatic heterocycles. The van der Waals surface area contributed by atoms with Crippen molar-refractivity contribution in [1.29, 1.82) is 0 Å². The maximum absolute atomic E-state index is 12.8. The van der Waals surface area contributed by atoms with Crippen LogP contribution in [-0.2, 0) is 4.79 Å². The summed E-state index contributed by atoms with van der Waals surface area (Å²) in [4.78, 5) is 11.8. The first kappa shape index (κ1) is 9.45. The summed E-state index contributed by atoms with van der Waals surface area (Å²) in [6.45, 7) is 2.76. The number of piperidine rings is 1. The Balaban J connectivity index is 2.09. The summed E-state index contributed by atoms with van der Waals surface area (Å²) in [5.74, 6) is 0. The molecule has 0 bridgehead atoms. The highest BCUT2D eigenvalue weighted by molar-refractivity contribution is 5.46. The summed E-state index contributed by atoms with van der Waals surface area (Å²) in [7, 11) is 0. The van der Waals surface area contributed by atoms with Gasteiger partial charge in [0.1, 0.15) is 6.17 Å². The second kappa shape index (κ2) is 5.09. The SMILES string of the molecule is O=[C]NCCN1CCCC(F)C1. The lowest BCUT2D eigenvalue weighted by Gasteiger charge is -2.28. The van der Waals surface area contributed by atoms with E-state index in [1.165, 1.54) is 0 Å². The summed E-state index contributed by atoms with van der Waals surface area (Å²) >= 11 is 0. The summed E-state index contributed by atoms with van der Waals surface area (Å²) < 4.78 is 12.8. The molecular formula is C8H14FN2O. The zero-order chi connectivity index (χ0) is 8.81. The standard InChI is InChI=1S/C8H14FN2O/c9-8-2-1-4-11(6-8)5-3-10-7-12/h8H,1-6H2,(H,10,12). The monoisotopic (exact) mass is 173 g/mol. The Morgan fingerprint density at radius 1 is 1.67 bits per heavy atom. The molecule has 0 saturated carbocycles. The van der Waals surface area contributed by atoms with Crippen molar-refractivity contribution in [3.63, 3.8) is 0 Å². The molecule has 1 unspecified atom stereocenters. The van der Waals surface area contributed by atoms with Crippen molar-refractivity contribution in [3.05, 3.63) is 0 Å². The first-order valence-electron chi connectivity index (χ1n) is 4.29. The molecule has 1 atom stereocenters. The van der Waals surface area contributed by atoms with Crippen LogP contribution >= 0.6 is 0 Å². The van der Waals surface area contributed by atoms with Gasteiger partial charge in [-0.25, -0.2) is 4.39 Å². The lowest BCUT2D eigenvalue weighted by molar-refractivity contribution is 0.140. The third-order valence-corrected chi connectivity index (χ3v) is 2.07. The van der Waals surface area contributed by atoms with E-state index < -0.39 is 6.17 Å². The minimum Gasteiger partial charge on any atom is -0.347 e. The molecule has 0 aromatic carbocycles. The molecule has 1 aliphatic rings. The van der Waals surface area contributed by atoms with Crippen LogP contribution in [0.4, 0.5) is 4.39 Å². The number of likely N-dealkylation sites (tertiary alicyclic amines) is 1. The van der Waals surface area contributed by atoms with Crippen molar-refractivity contribution in [3.8, 4) is 0 Å². The number of rotatable bonds is 4. The van der Waals surface area contributed by atoms with E-state index in [-0.39, 0.29) is 0 Å². The molecule has 1 saturated heterocycles. The quantitative estimate of drug-likeness (QED) is 0.482. The van der Waals surface area contributed by atoms with Crippen molar-refractivity contribution in [1.82, 2.24) is 10.2 Å². The molecule has 12 heavy (non-hydrogen) atoms. The topological polar surface area (TPSA) is 32.3 Å². The second-order valence-electron chi connectivity index (χ2n) is 3.07. The van der Waals surface area contributed by atoms with Crippen molar-refractivity contribution < 1.29 is 9.18 Å². The summed E-state index contributed by atoms with van der Waals surface area (Å²) in [5, 5.41) is 2.44. The van der Waals surface area contributed by atoms with Crippen LogP contribution in [0.1, 0.15) is 12.8 Å². The number of nitrogens with zero attached hydrogens (tertiary/aromatic N) is 1. The molecule has 1 fully saturated rings. The van der Waals surface area contributed by atoms with Gasteiger partial charge in [0.05, 0.1) is 0 Å². The maximum Gasteiger partial charge on any atom is 0.309 e. The number of amides is 1. The number of nitrogens with one attached hydrogen (secondary N) is 1. The average molecular weight is 173 g/mol. The van der Waals surface area contributed by atoms with Gasteiger partial charge in [-0.2, -0.15) is 0 Å². The molecule has 0 aromatic heterocycles. The zero-order valence-corrected chi connectivity index (χ0v) is 7.05. The van der Waals surface area contributed by atoms with E-state index in [1.54, 1.807) is 6.41 Å². The highest BCUT2D eigenvalue weighted by atomic mass is 19.1. The van der Waals surface area contributed by atoms with E-state index in [4.69, 9.17) is 0 Å². The molecule has 0 spiro atoms. The van der Waals surface area contributed by atoms with Gasteiger partial charge >= 0.3 is 6.41 Å². The highest BCUT2D eigenvalue weighted by Gasteiger charge is 2.17. The van der Waals surface area contributed by atoms with Crippen LogP contribution in [0.15, 0.2) is 0 Å². The molecule has 69 valence electrons. The largest absolute Gasteiger partial charge is 0.347 e. The molecule has 0 aliphatic carbocycles. The van der Waals surface area contributed by atoms with E-state index in [0.29, 0.717) is 19.5 Å². The first-order chi connectivity index (χ1) is 5.83. The van der Waals surface area contributed by atoms with Crippen LogP contribution < -0.4 is 5.32 Å². The number of halogens is 1. The normalized spacial score (nSPS) is 25.2. The molecule has 1 radical (unpaired) electrons. The van der Waals surface area contributed by atoms with Gasteiger partial charge < -0.3 is 5.32 Å². The highest BCUT2D eigenvalue weighted by Crippen LogP contribution is 2.11. The smallest absolute Gasteiger partial charge is 0.309 e. The van der Waals surface area contributed by atoms with E-state index >= 15 is 0 Å². The van der Waals surface area contributed by atoms with E-state index in [2.05, 4.69) is 5.32 Å². The fourth-order valence-electron chi connectivity index (χ4n) is 1.47. The predicted molar refractivity (Wildman–Crippen MR) is 44.3 cm³/mol. The summed E-state index contributed by atoms with van der Waals surface area (Å²) in [6.07, 6.45) is 2.52. The van der Waals surface area contributed by atoms with Gasteiger partial charge in [0.2, 0.25) is 0 Å². The number of hydrogen-bond donors (Lipinski definition) is 1. The fraction of sp³-hybridized carbons (Fsp3) is 0.875. The summed E-state index contributed by atoms with van der Waals surface area (Å²) in [6, 6.07) is 0.